The number of carbonyl (C=O) groups excluding carboxylic acids is 1. The minimum atomic E-state index is -6.53. The van der Waals surface area contributed by atoms with Crippen LogP contribution < -0.4 is 13.8 Å². The van der Waals surface area contributed by atoms with Crippen molar-refractivity contribution >= 4 is 38.0 Å². The summed E-state index contributed by atoms with van der Waals surface area (Å²) in [6.45, 7) is -0.618. The molecule has 0 aliphatic heterocycles. The van der Waals surface area contributed by atoms with Crippen molar-refractivity contribution in [2.45, 2.75) is 56.9 Å². The maximum atomic E-state index is 13.7. The Labute approximate surface area is 288 Å². The summed E-state index contributed by atoms with van der Waals surface area (Å²) in [6.07, 6.45) is -13.9. The number of alkyl halides is 12. The Balaban J connectivity index is 2.15. The van der Waals surface area contributed by atoms with Crippen LogP contribution in [0, 0.1) is 0 Å². The zero-order valence-electron chi connectivity index (χ0n) is 25.4. The maximum absolute atomic E-state index is 13.7. The number of hydrogen-bond acceptors (Lipinski definition) is 9. The van der Waals surface area contributed by atoms with Crippen molar-refractivity contribution in [3.8, 4) is 11.5 Å². The second-order valence-electron chi connectivity index (χ2n) is 10.2. The molecule has 3 rings (SSSR count). The molecule has 3 aromatic rings. The molecule has 23 heteroatoms. The van der Waals surface area contributed by atoms with Crippen molar-refractivity contribution in [2.75, 3.05) is 18.1 Å². The summed E-state index contributed by atoms with van der Waals surface area (Å²) in [4.78, 5) is 19.9. The molecule has 1 heterocycles. The number of ether oxygens (including phenoxy) is 2. The Morgan fingerprint density at radius 2 is 1.33 bits per heavy atom. The molecule has 0 aliphatic rings. The summed E-state index contributed by atoms with van der Waals surface area (Å²) in [5.74, 6) is -2.59. The molecule has 9 nitrogen and oxygen atoms in total. The van der Waals surface area contributed by atoms with Crippen molar-refractivity contribution in [1.29, 1.82) is 0 Å². The Morgan fingerprint density at radius 3 is 1.82 bits per heavy atom. The molecule has 0 fully saturated rings. The first-order chi connectivity index (χ1) is 23.3. The van der Waals surface area contributed by atoms with Crippen molar-refractivity contribution in [3.05, 3.63) is 75.0 Å². The van der Waals surface area contributed by atoms with Crippen LogP contribution in [0.1, 0.15) is 47.6 Å². The highest BCUT2D eigenvalue weighted by atomic mass is 79.9. The molecule has 0 bridgehead atoms. The highest BCUT2D eigenvalue weighted by molar-refractivity contribution is 9.10. The van der Waals surface area contributed by atoms with Crippen molar-refractivity contribution in [2.24, 2.45) is 0 Å². The first kappa shape index (κ1) is 41.4. The monoisotopic (exact) mass is 835 g/mol. The smallest absolute Gasteiger partial charge is 0.490 e. The minimum Gasteiger partial charge on any atom is -0.490 e. The number of carbonyl (C=O) groups is 1. The van der Waals surface area contributed by atoms with Crippen LogP contribution in [-0.2, 0) is 51.3 Å². The first-order valence-corrected chi connectivity index (χ1v) is 16.1. The van der Waals surface area contributed by atoms with Gasteiger partial charge in [-0.15, -0.1) is 0 Å². The lowest BCUT2D eigenvalue weighted by atomic mass is 10.0. The van der Waals surface area contributed by atoms with Crippen LogP contribution in [0.3, 0.4) is 0 Å². The molecule has 0 saturated heterocycles. The fourth-order valence-electron chi connectivity index (χ4n) is 4.10. The molecule has 0 unspecified atom stereocenters. The van der Waals surface area contributed by atoms with Gasteiger partial charge < -0.3 is 18.6 Å². The molecule has 0 amide bonds. The third kappa shape index (κ3) is 11.5. The van der Waals surface area contributed by atoms with E-state index in [1.807, 2.05) is 0 Å². The van der Waals surface area contributed by atoms with Crippen LogP contribution in [0.2, 0.25) is 0 Å². The van der Waals surface area contributed by atoms with Gasteiger partial charge in [0.1, 0.15) is 0 Å². The number of nitrogens with zero attached hydrogens (tertiary/aromatic N) is 3. The SMILES string of the molecule is CCOC(=O)CCCOc1cnc(N(Cc2cc(C(F)(F)F)cc(C(F)(F)F)c2)Cc2cc(C(F)(F)F)cc(Br)c2OS(=O)(=O)C(F)(F)F)nc1. The van der Waals surface area contributed by atoms with Crippen LogP contribution in [0.4, 0.5) is 58.6 Å². The predicted molar refractivity (Wildman–Crippen MR) is 154 cm³/mol. The van der Waals surface area contributed by atoms with E-state index in [2.05, 4.69) is 30.1 Å². The second kappa shape index (κ2) is 15.7. The van der Waals surface area contributed by atoms with Crippen LogP contribution in [0.25, 0.3) is 0 Å². The van der Waals surface area contributed by atoms with Crippen molar-refractivity contribution < 1.29 is 79.6 Å². The zero-order valence-corrected chi connectivity index (χ0v) is 27.8. The minimum absolute atomic E-state index is 0.0432. The van der Waals surface area contributed by atoms with Crippen LogP contribution >= 0.6 is 15.9 Å². The van der Waals surface area contributed by atoms with Crippen LogP contribution in [0.5, 0.6) is 11.5 Å². The summed E-state index contributed by atoms with van der Waals surface area (Å²) in [7, 11) is -6.53. The van der Waals surface area contributed by atoms with E-state index in [-0.39, 0.29) is 62.1 Å². The lowest BCUT2D eigenvalue weighted by Crippen LogP contribution is -2.30. The lowest BCUT2D eigenvalue weighted by molar-refractivity contribution is -0.144. The molecular weight excluding hydrogens is 814 g/mol. The average Bonchev–Trinajstić information content (AvgIpc) is 2.99. The standard InChI is InChI=1S/C28H22BrF12N3O6S/c1-2-48-22(45)4-3-5-49-20-11-42-24(43-12-20)44(13-15-6-17(25(30,31)32)9-18(7-15)26(33,34)35)14-16-8-19(27(36,37)38)10-21(29)23(16)50-51(46,47)28(39,40)41/h6-12H,2-5,13-14H2,1H3. The Bertz CT molecular complexity index is 1770. The van der Waals surface area contributed by atoms with Crippen LogP contribution in [-0.4, -0.2) is 43.1 Å². The predicted octanol–water partition coefficient (Wildman–Crippen LogP) is 8.45. The third-order valence-electron chi connectivity index (χ3n) is 6.30. The van der Waals surface area contributed by atoms with E-state index >= 15 is 0 Å². The quantitative estimate of drug-likeness (QED) is 0.0551. The van der Waals surface area contributed by atoms with Gasteiger partial charge in [0, 0.05) is 25.1 Å². The van der Waals surface area contributed by atoms with Gasteiger partial charge in [-0.05, 0) is 65.2 Å². The van der Waals surface area contributed by atoms with E-state index in [4.69, 9.17) is 9.47 Å². The van der Waals surface area contributed by atoms with Gasteiger partial charge in [-0.1, -0.05) is 0 Å². The van der Waals surface area contributed by atoms with E-state index in [0.717, 1.165) is 12.4 Å². The summed E-state index contributed by atoms with van der Waals surface area (Å²) in [6, 6.07) is 0.694. The highest BCUT2D eigenvalue weighted by Crippen LogP contribution is 2.41. The normalized spacial score (nSPS) is 12.8. The van der Waals surface area contributed by atoms with E-state index in [0.29, 0.717) is 4.90 Å². The van der Waals surface area contributed by atoms with E-state index in [9.17, 15) is 65.9 Å². The number of hydrogen-bond donors (Lipinski definition) is 0. The van der Waals surface area contributed by atoms with E-state index in [1.54, 1.807) is 6.92 Å². The molecule has 51 heavy (non-hydrogen) atoms. The molecule has 0 aliphatic carbocycles. The number of esters is 1. The second-order valence-corrected chi connectivity index (χ2v) is 12.6. The summed E-state index contributed by atoms with van der Waals surface area (Å²) >= 11 is 2.54. The van der Waals surface area contributed by atoms with Crippen molar-refractivity contribution in [1.82, 2.24) is 9.97 Å². The van der Waals surface area contributed by atoms with Gasteiger partial charge in [-0.2, -0.15) is 61.1 Å². The summed E-state index contributed by atoms with van der Waals surface area (Å²) in [5, 5.41) is 0. The number of anilines is 1. The van der Waals surface area contributed by atoms with Gasteiger partial charge >= 0.3 is 40.1 Å². The number of rotatable bonds is 13. The molecule has 1 aromatic heterocycles. The third-order valence-corrected chi connectivity index (χ3v) is 7.85. The molecule has 2 aromatic carbocycles. The Hall–Kier alpha value is -4.02. The maximum Gasteiger partial charge on any atom is 0.534 e. The topological polar surface area (TPSA) is 108 Å². The fourth-order valence-corrected chi connectivity index (χ4v) is 5.30. The fraction of sp³-hybridized carbons (Fsp3) is 0.393. The van der Waals surface area contributed by atoms with E-state index < -0.39 is 97.2 Å². The lowest BCUT2D eigenvalue weighted by Gasteiger charge is -2.26. The van der Waals surface area contributed by atoms with Gasteiger partial charge in [0.25, 0.3) is 0 Å². The van der Waals surface area contributed by atoms with Crippen molar-refractivity contribution in [3.63, 3.8) is 0 Å². The molecule has 0 saturated carbocycles. The van der Waals surface area contributed by atoms with Gasteiger partial charge in [-0.3, -0.25) is 4.79 Å². The number of benzene rings is 2. The van der Waals surface area contributed by atoms with Crippen LogP contribution in [0.15, 0.2) is 47.2 Å². The summed E-state index contributed by atoms with van der Waals surface area (Å²) < 4.78 is 199. The van der Waals surface area contributed by atoms with Gasteiger partial charge in [0.15, 0.2) is 11.5 Å². The summed E-state index contributed by atoms with van der Waals surface area (Å²) in [5.41, 5.74) is -12.9. The largest absolute Gasteiger partial charge is 0.534 e. The van der Waals surface area contributed by atoms with Gasteiger partial charge in [0.05, 0.1) is 46.8 Å². The zero-order chi connectivity index (χ0) is 38.6. The van der Waals surface area contributed by atoms with Gasteiger partial charge in [-0.25, -0.2) is 9.97 Å². The molecule has 0 radical (unpaired) electrons. The first-order valence-electron chi connectivity index (χ1n) is 13.9. The Morgan fingerprint density at radius 1 is 0.804 bits per heavy atom. The average molecular weight is 836 g/mol. The molecule has 0 atom stereocenters. The number of aromatic nitrogens is 2. The molecule has 0 spiro atoms. The molecule has 282 valence electrons. The number of halogens is 13. The van der Waals surface area contributed by atoms with E-state index in [1.165, 1.54) is 0 Å². The molecular formula is C28H22BrF12N3O6S. The molecule has 0 N–H and O–H groups in total. The highest BCUT2D eigenvalue weighted by Gasteiger charge is 2.49. The van der Waals surface area contributed by atoms with Gasteiger partial charge in [0.2, 0.25) is 5.95 Å². The Kier molecular flexibility index (Phi) is 12.7.